The van der Waals surface area contributed by atoms with Crippen LogP contribution in [0.3, 0.4) is 0 Å². The number of carbonyl (C=O) groups excluding carboxylic acids is 2. The molecule has 0 N–H and O–H groups in total. The van der Waals surface area contributed by atoms with Gasteiger partial charge in [-0.25, -0.2) is 0 Å². The Labute approximate surface area is 205 Å². The van der Waals surface area contributed by atoms with Crippen LogP contribution in [-0.4, -0.2) is 27.6 Å². The maximum atomic E-state index is 13.3. The Balaban J connectivity index is 1.55. The molecule has 4 nitrogen and oxygen atoms in total. The van der Waals surface area contributed by atoms with Gasteiger partial charge in [0.15, 0.2) is 0 Å². The van der Waals surface area contributed by atoms with Crippen LogP contribution in [0.1, 0.15) is 11.1 Å². The molecule has 1 heterocycles. The van der Waals surface area contributed by atoms with Crippen LogP contribution in [0.5, 0.6) is 0 Å². The molecule has 0 aromatic heterocycles. The second kappa shape index (κ2) is 10.3. The highest BCUT2D eigenvalue weighted by molar-refractivity contribution is 9.10. The van der Waals surface area contributed by atoms with Crippen molar-refractivity contribution in [2.24, 2.45) is 0 Å². The quantitative estimate of drug-likeness (QED) is 0.299. The maximum absolute atomic E-state index is 13.3. The van der Waals surface area contributed by atoms with Crippen LogP contribution >= 0.6 is 39.9 Å². The lowest BCUT2D eigenvalue weighted by atomic mass is 10.2. The highest BCUT2D eigenvalue weighted by atomic mass is 79.9. The first-order valence-electron chi connectivity index (χ1n) is 9.91. The number of hydrogen-bond acceptors (Lipinski definition) is 4. The molecule has 1 fully saturated rings. The number of nitrogens with zero attached hydrogens (tertiary/aromatic N) is 2. The molecule has 0 aliphatic carbocycles. The summed E-state index contributed by atoms with van der Waals surface area (Å²) in [5.74, 6) is -0.443. The van der Waals surface area contributed by atoms with Crippen LogP contribution in [0.2, 0.25) is 0 Å². The number of halogens is 1. The first kappa shape index (κ1) is 22.5. The number of para-hydroxylation sites is 1. The fourth-order valence-corrected chi connectivity index (χ4v) is 4.97. The summed E-state index contributed by atoms with van der Waals surface area (Å²) < 4.78 is 1.31. The number of benzene rings is 3. The van der Waals surface area contributed by atoms with Crippen LogP contribution in [0.25, 0.3) is 6.08 Å². The second-order valence-electron chi connectivity index (χ2n) is 7.12. The van der Waals surface area contributed by atoms with E-state index in [2.05, 4.69) is 15.9 Å². The third kappa shape index (κ3) is 5.35. The summed E-state index contributed by atoms with van der Waals surface area (Å²) in [4.78, 5) is 29.9. The van der Waals surface area contributed by atoms with Gasteiger partial charge in [-0.3, -0.25) is 14.5 Å². The number of thioether (sulfide) groups is 1. The van der Waals surface area contributed by atoms with Crippen molar-refractivity contribution in [1.29, 1.82) is 0 Å². The van der Waals surface area contributed by atoms with Crippen LogP contribution in [0.15, 0.2) is 94.3 Å². The van der Waals surface area contributed by atoms with Crippen molar-refractivity contribution in [3.05, 3.63) is 105 Å². The number of anilines is 1. The van der Waals surface area contributed by atoms with E-state index in [-0.39, 0.29) is 18.4 Å². The topological polar surface area (TPSA) is 40.6 Å². The van der Waals surface area contributed by atoms with Gasteiger partial charge < -0.3 is 4.90 Å². The van der Waals surface area contributed by atoms with E-state index in [0.29, 0.717) is 15.8 Å². The summed E-state index contributed by atoms with van der Waals surface area (Å²) in [5.41, 5.74) is 2.67. The molecule has 4 rings (SSSR count). The summed E-state index contributed by atoms with van der Waals surface area (Å²) in [6.45, 7) is 0.300. The zero-order chi connectivity index (χ0) is 22.5. The first-order valence-corrected chi connectivity index (χ1v) is 11.9. The van der Waals surface area contributed by atoms with Crippen molar-refractivity contribution in [2.75, 3.05) is 11.4 Å². The predicted octanol–water partition coefficient (Wildman–Crippen LogP) is 5.88. The lowest BCUT2D eigenvalue weighted by Gasteiger charge is -2.25. The normalized spacial score (nSPS) is 14.8. The zero-order valence-corrected chi connectivity index (χ0v) is 20.2. The zero-order valence-electron chi connectivity index (χ0n) is 17.0. The summed E-state index contributed by atoms with van der Waals surface area (Å²) >= 11 is 10.1. The molecular weight excluding hydrogens is 504 g/mol. The van der Waals surface area contributed by atoms with E-state index in [1.807, 2.05) is 84.9 Å². The van der Waals surface area contributed by atoms with Gasteiger partial charge in [0.25, 0.3) is 5.91 Å². The van der Waals surface area contributed by atoms with Gasteiger partial charge in [-0.05, 0) is 41.5 Å². The fraction of sp³-hybridized carbons (Fsp3) is 0.0800. The van der Waals surface area contributed by atoms with Gasteiger partial charge >= 0.3 is 0 Å². The molecule has 3 aromatic carbocycles. The van der Waals surface area contributed by atoms with Gasteiger partial charge in [-0.1, -0.05) is 101 Å². The number of amides is 2. The molecule has 1 aliphatic heterocycles. The molecule has 160 valence electrons. The smallest absolute Gasteiger partial charge is 0.266 e. The van der Waals surface area contributed by atoms with Gasteiger partial charge in [0.05, 0.1) is 11.4 Å². The van der Waals surface area contributed by atoms with Crippen molar-refractivity contribution in [3.8, 4) is 0 Å². The van der Waals surface area contributed by atoms with Gasteiger partial charge in [0, 0.05) is 10.2 Å². The van der Waals surface area contributed by atoms with Crippen molar-refractivity contribution >= 4 is 67.8 Å². The Morgan fingerprint density at radius 3 is 2.38 bits per heavy atom. The molecule has 0 spiro atoms. The Hall–Kier alpha value is -2.74. The Bertz CT molecular complexity index is 1180. The predicted molar refractivity (Wildman–Crippen MR) is 138 cm³/mol. The Morgan fingerprint density at radius 1 is 1.00 bits per heavy atom. The minimum Gasteiger partial charge on any atom is -0.306 e. The monoisotopic (exact) mass is 522 g/mol. The largest absolute Gasteiger partial charge is 0.306 e. The molecule has 32 heavy (non-hydrogen) atoms. The molecule has 3 aromatic rings. The van der Waals surface area contributed by atoms with Crippen molar-refractivity contribution in [1.82, 2.24) is 4.90 Å². The standard InChI is InChI=1S/C25H19BrN2O2S2/c26-20-11-7-10-19(14-20)15-22-24(30)28(25(31)32-22)17-23(29)27(21-12-5-2-6-13-21)16-18-8-3-1-4-9-18/h1-15H,16-17H2/b22-15-. The molecule has 2 amide bonds. The van der Waals surface area contributed by atoms with E-state index in [0.717, 1.165) is 21.3 Å². The number of thiocarbonyl (C=S) groups is 1. The first-order chi connectivity index (χ1) is 15.5. The molecule has 0 bridgehead atoms. The minimum absolute atomic E-state index is 0.109. The van der Waals surface area contributed by atoms with E-state index in [9.17, 15) is 9.59 Å². The fourth-order valence-electron chi connectivity index (χ4n) is 3.30. The number of carbonyl (C=O) groups is 2. The molecule has 1 aliphatic rings. The Kier molecular flexibility index (Phi) is 7.19. The molecule has 0 radical (unpaired) electrons. The average molecular weight is 523 g/mol. The lowest BCUT2D eigenvalue weighted by molar-refractivity contribution is -0.127. The van der Waals surface area contributed by atoms with E-state index >= 15 is 0 Å². The van der Waals surface area contributed by atoms with E-state index in [4.69, 9.17) is 12.2 Å². The summed E-state index contributed by atoms with van der Waals surface area (Å²) in [5, 5.41) is 0. The third-order valence-corrected chi connectivity index (χ3v) is 6.74. The molecule has 1 saturated heterocycles. The minimum atomic E-state index is -0.249. The maximum Gasteiger partial charge on any atom is 0.266 e. The summed E-state index contributed by atoms with van der Waals surface area (Å²) in [6.07, 6.45) is 1.80. The van der Waals surface area contributed by atoms with Gasteiger partial charge in [-0.2, -0.15) is 0 Å². The van der Waals surface area contributed by atoms with Crippen molar-refractivity contribution < 1.29 is 9.59 Å². The average Bonchev–Trinajstić information content (AvgIpc) is 3.06. The van der Waals surface area contributed by atoms with Gasteiger partial charge in [-0.15, -0.1) is 0 Å². The molecule has 0 atom stereocenters. The summed E-state index contributed by atoms with van der Waals surface area (Å²) in [6, 6.07) is 26.9. The highest BCUT2D eigenvalue weighted by Gasteiger charge is 2.34. The number of hydrogen-bond donors (Lipinski definition) is 0. The van der Waals surface area contributed by atoms with E-state index in [1.165, 1.54) is 16.7 Å². The van der Waals surface area contributed by atoms with Crippen LogP contribution in [-0.2, 0) is 16.1 Å². The summed E-state index contributed by atoms with van der Waals surface area (Å²) in [7, 11) is 0. The number of rotatable bonds is 6. The van der Waals surface area contributed by atoms with Gasteiger partial charge in [0.1, 0.15) is 10.9 Å². The molecule has 0 saturated carbocycles. The van der Waals surface area contributed by atoms with Gasteiger partial charge in [0.2, 0.25) is 5.91 Å². The lowest BCUT2D eigenvalue weighted by Crippen LogP contribution is -2.42. The van der Waals surface area contributed by atoms with Crippen LogP contribution in [0.4, 0.5) is 5.69 Å². The Morgan fingerprint density at radius 2 is 1.69 bits per heavy atom. The van der Waals surface area contributed by atoms with Crippen molar-refractivity contribution in [3.63, 3.8) is 0 Å². The molecule has 7 heteroatoms. The third-order valence-electron chi connectivity index (χ3n) is 4.87. The second-order valence-corrected chi connectivity index (χ2v) is 9.72. The SMILES string of the molecule is O=C1/C(=C/c2cccc(Br)c2)SC(=S)N1CC(=O)N(Cc1ccccc1)c1ccccc1. The van der Waals surface area contributed by atoms with E-state index < -0.39 is 0 Å². The van der Waals surface area contributed by atoms with Crippen molar-refractivity contribution in [2.45, 2.75) is 6.54 Å². The van der Waals surface area contributed by atoms with E-state index in [1.54, 1.807) is 11.0 Å². The van der Waals surface area contributed by atoms with Crippen LogP contribution in [0, 0.1) is 0 Å². The highest BCUT2D eigenvalue weighted by Crippen LogP contribution is 2.33. The molecular formula is C25H19BrN2O2S2. The molecule has 0 unspecified atom stereocenters. The van der Waals surface area contributed by atoms with Crippen LogP contribution < -0.4 is 4.90 Å².